The fourth-order valence-electron chi connectivity index (χ4n) is 0.738. The number of hydrogen-bond donors (Lipinski definition) is 2. The average Bonchev–Trinajstić information content (AvgIpc) is 1.23. The normalized spacial score (nSPS) is 22.7. The molecular formula is C5H10O2. The topological polar surface area (TPSA) is 40.5 Å². The molecule has 0 amide bonds. The van der Waals surface area contributed by atoms with Crippen molar-refractivity contribution < 1.29 is 10.2 Å². The second-order valence-electron chi connectivity index (χ2n) is 2.10. The molecule has 0 unspecified atom stereocenters. The minimum Gasteiger partial charge on any atom is -0.368 e. The van der Waals surface area contributed by atoms with Gasteiger partial charge in [-0.1, -0.05) is 6.42 Å². The first kappa shape index (κ1) is 5.06. The smallest absolute Gasteiger partial charge is 0.154 e. The van der Waals surface area contributed by atoms with Crippen molar-refractivity contribution in [3.8, 4) is 0 Å². The zero-order chi connectivity index (χ0) is 5.28. The molecule has 0 heterocycles. The van der Waals surface area contributed by atoms with E-state index in [4.69, 9.17) is 10.2 Å². The summed E-state index contributed by atoms with van der Waals surface area (Å²) in [6.07, 6.45) is 2.12. The molecule has 2 nitrogen and oxygen atoms in total. The first-order valence-corrected chi connectivity index (χ1v) is 2.67. The van der Waals surface area contributed by atoms with Crippen molar-refractivity contribution >= 4 is 0 Å². The van der Waals surface area contributed by atoms with E-state index in [9.17, 15) is 0 Å². The van der Waals surface area contributed by atoms with Gasteiger partial charge in [0.1, 0.15) is 0 Å². The standard InChI is InChI=1S/C5H10O2/c6-5(7)4-2-1-3-4/h4-7H,1-3H2. The third kappa shape index (κ3) is 0.924. The summed E-state index contributed by atoms with van der Waals surface area (Å²) in [6, 6.07) is 0. The summed E-state index contributed by atoms with van der Waals surface area (Å²) in [5.41, 5.74) is 0. The summed E-state index contributed by atoms with van der Waals surface area (Å²) in [7, 11) is 0. The van der Waals surface area contributed by atoms with Gasteiger partial charge < -0.3 is 10.2 Å². The van der Waals surface area contributed by atoms with E-state index in [1.807, 2.05) is 0 Å². The van der Waals surface area contributed by atoms with Gasteiger partial charge in [0.15, 0.2) is 6.29 Å². The van der Waals surface area contributed by atoms with Crippen LogP contribution < -0.4 is 0 Å². The van der Waals surface area contributed by atoms with Crippen LogP contribution in [-0.2, 0) is 0 Å². The van der Waals surface area contributed by atoms with Gasteiger partial charge in [0.2, 0.25) is 0 Å². The van der Waals surface area contributed by atoms with Crippen molar-refractivity contribution in [3.05, 3.63) is 0 Å². The summed E-state index contributed by atoms with van der Waals surface area (Å²) in [6.45, 7) is 0. The molecule has 7 heavy (non-hydrogen) atoms. The van der Waals surface area contributed by atoms with Crippen LogP contribution in [0.15, 0.2) is 0 Å². The molecule has 0 saturated heterocycles. The highest BCUT2D eigenvalue weighted by molar-refractivity contribution is 4.70. The monoisotopic (exact) mass is 102 g/mol. The quantitative estimate of drug-likeness (QED) is 0.461. The largest absolute Gasteiger partial charge is 0.368 e. The number of aliphatic hydroxyl groups is 2. The van der Waals surface area contributed by atoms with E-state index >= 15 is 0 Å². The van der Waals surface area contributed by atoms with E-state index in [1.54, 1.807) is 0 Å². The van der Waals surface area contributed by atoms with Crippen LogP contribution >= 0.6 is 0 Å². The van der Waals surface area contributed by atoms with Gasteiger partial charge in [0.25, 0.3) is 0 Å². The molecule has 0 aliphatic heterocycles. The molecule has 1 aliphatic rings. The molecule has 1 aliphatic carbocycles. The second-order valence-corrected chi connectivity index (χ2v) is 2.10. The fraction of sp³-hybridized carbons (Fsp3) is 1.00. The summed E-state index contributed by atoms with van der Waals surface area (Å²) >= 11 is 0. The van der Waals surface area contributed by atoms with Gasteiger partial charge in [-0.2, -0.15) is 0 Å². The second kappa shape index (κ2) is 1.80. The van der Waals surface area contributed by atoms with E-state index < -0.39 is 6.29 Å². The highest BCUT2D eigenvalue weighted by Gasteiger charge is 2.22. The van der Waals surface area contributed by atoms with Crippen molar-refractivity contribution in [1.29, 1.82) is 0 Å². The first-order valence-electron chi connectivity index (χ1n) is 2.67. The predicted octanol–water partition coefficient (Wildman–Crippen LogP) is 0.0972. The highest BCUT2D eigenvalue weighted by Crippen LogP contribution is 2.27. The Morgan fingerprint density at radius 3 is 1.86 bits per heavy atom. The summed E-state index contributed by atoms with van der Waals surface area (Å²) in [5, 5.41) is 16.9. The Bertz CT molecular complexity index is 57.1. The Labute approximate surface area is 42.8 Å². The van der Waals surface area contributed by atoms with Crippen LogP contribution in [0, 0.1) is 5.92 Å². The molecule has 2 N–H and O–H groups in total. The third-order valence-corrected chi connectivity index (χ3v) is 1.57. The number of rotatable bonds is 1. The van der Waals surface area contributed by atoms with E-state index in [2.05, 4.69) is 0 Å². The summed E-state index contributed by atoms with van der Waals surface area (Å²) < 4.78 is 0. The van der Waals surface area contributed by atoms with Gasteiger partial charge in [0.05, 0.1) is 0 Å². The van der Waals surface area contributed by atoms with Crippen molar-refractivity contribution in [3.63, 3.8) is 0 Å². The van der Waals surface area contributed by atoms with Crippen molar-refractivity contribution in [1.82, 2.24) is 0 Å². The van der Waals surface area contributed by atoms with Crippen molar-refractivity contribution in [2.45, 2.75) is 25.6 Å². The molecule has 42 valence electrons. The van der Waals surface area contributed by atoms with Crippen LogP contribution in [-0.4, -0.2) is 16.5 Å². The maximum atomic E-state index is 8.43. The SMILES string of the molecule is OC(O)C1CCC1. The van der Waals surface area contributed by atoms with Gasteiger partial charge in [-0.05, 0) is 12.8 Å². The number of hydrogen-bond acceptors (Lipinski definition) is 2. The van der Waals surface area contributed by atoms with Gasteiger partial charge in [-0.25, -0.2) is 0 Å². The molecular weight excluding hydrogens is 92.1 g/mol. The highest BCUT2D eigenvalue weighted by atomic mass is 16.5. The van der Waals surface area contributed by atoms with Crippen molar-refractivity contribution in [2.75, 3.05) is 0 Å². The zero-order valence-electron chi connectivity index (χ0n) is 4.17. The lowest BCUT2D eigenvalue weighted by Gasteiger charge is -2.26. The summed E-state index contributed by atoms with van der Waals surface area (Å²) in [4.78, 5) is 0. The average molecular weight is 102 g/mol. The fourth-order valence-corrected chi connectivity index (χ4v) is 0.738. The molecule has 0 aromatic rings. The lowest BCUT2D eigenvalue weighted by atomic mass is 9.85. The maximum absolute atomic E-state index is 8.43. The lowest BCUT2D eigenvalue weighted by molar-refractivity contribution is -0.105. The molecule has 0 atom stereocenters. The zero-order valence-corrected chi connectivity index (χ0v) is 4.17. The van der Waals surface area contributed by atoms with E-state index in [-0.39, 0.29) is 5.92 Å². The Morgan fingerprint density at radius 1 is 1.29 bits per heavy atom. The predicted molar refractivity (Wildman–Crippen MR) is 25.6 cm³/mol. The molecule has 0 aromatic heterocycles. The Hall–Kier alpha value is -0.0800. The Morgan fingerprint density at radius 2 is 1.86 bits per heavy atom. The minimum atomic E-state index is -1.05. The first-order chi connectivity index (χ1) is 3.30. The Kier molecular flexibility index (Phi) is 1.30. The minimum absolute atomic E-state index is 0.194. The molecule has 0 bridgehead atoms. The molecule has 1 rings (SSSR count). The van der Waals surface area contributed by atoms with Gasteiger partial charge in [-0.3, -0.25) is 0 Å². The van der Waals surface area contributed by atoms with Gasteiger partial charge in [0, 0.05) is 5.92 Å². The molecule has 0 spiro atoms. The van der Waals surface area contributed by atoms with Crippen LogP contribution in [0.1, 0.15) is 19.3 Å². The van der Waals surface area contributed by atoms with Crippen LogP contribution in [0.2, 0.25) is 0 Å². The van der Waals surface area contributed by atoms with Gasteiger partial charge >= 0.3 is 0 Å². The van der Waals surface area contributed by atoms with E-state index in [0.717, 1.165) is 12.8 Å². The molecule has 2 heteroatoms. The third-order valence-electron chi connectivity index (χ3n) is 1.57. The van der Waals surface area contributed by atoms with Crippen molar-refractivity contribution in [2.24, 2.45) is 5.92 Å². The Balaban J connectivity index is 2.14. The van der Waals surface area contributed by atoms with Crippen LogP contribution in [0.5, 0.6) is 0 Å². The van der Waals surface area contributed by atoms with Crippen LogP contribution in [0.3, 0.4) is 0 Å². The molecule has 1 saturated carbocycles. The van der Waals surface area contributed by atoms with Crippen LogP contribution in [0.25, 0.3) is 0 Å². The van der Waals surface area contributed by atoms with E-state index in [0.29, 0.717) is 0 Å². The molecule has 1 fully saturated rings. The summed E-state index contributed by atoms with van der Waals surface area (Å²) in [5.74, 6) is 0.194. The lowest BCUT2D eigenvalue weighted by Crippen LogP contribution is -2.25. The van der Waals surface area contributed by atoms with Crippen LogP contribution in [0.4, 0.5) is 0 Å². The van der Waals surface area contributed by atoms with E-state index in [1.165, 1.54) is 6.42 Å². The molecule has 0 aromatic carbocycles. The molecule has 0 radical (unpaired) electrons. The van der Waals surface area contributed by atoms with Gasteiger partial charge in [-0.15, -0.1) is 0 Å². The number of aliphatic hydroxyl groups excluding tert-OH is 1. The maximum Gasteiger partial charge on any atom is 0.154 e.